The van der Waals surface area contributed by atoms with Crippen molar-refractivity contribution in [1.29, 1.82) is 0 Å². The molecular formula is C17H21ClF3N5O2. The first kappa shape index (κ1) is 22.1. The highest BCUT2D eigenvalue weighted by atomic mass is 35.5. The van der Waals surface area contributed by atoms with Gasteiger partial charge in [-0.3, -0.25) is 19.2 Å². The quantitative estimate of drug-likeness (QED) is 0.770. The fraction of sp³-hybridized carbons (Fsp3) is 0.471. The van der Waals surface area contributed by atoms with Crippen molar-refractivity contribution in [2.45, 2.75) is 12.2 Å². The molecule has 1 aromatic carbocycles. The predicted octanol–water partition coefficient (Wildman–Crippen LogP) is 0.921. The van der Waals surface area contributed by atoms with Crippen LogP contribution in [0.15, 0.2) is 29.1 Å². The van der Waals surface area contributed by atoms with Crippen LogP contribution in [0.2, 0.25) is 0 Å². The summed E-state index contributed by atoms with van der Waals surface area (Å²) in [6.45, 7) is 0.729. The van der Waals surface area contributed by atoms with Crippen molar-refractivity contribution in [3.05, 3.63) is 40.2 Å². The maximum absolute atomic E-state index is 13.4. The Kier molecular flexibility index (Phi) is 7.02. The molecule has 2 heterocycles. The molecule has 0 aliphatic carbocycles. The SMILES string of the molecule is Cl.Cn1nc(C(=O)NCC(N2CCNCC2)C(F)(F)F)c(=O)c2ccccc21. The Morgan fingerprint density at radius 1 is 1.29 bits per heavy atom. The molecule has 28 heavy (non-hydrogen) atoms. The number of rotatable bonds is 4. The summed E-state index contributed by atoms with van der Waals surface area (Å²) in [6, 6.07) is 4.79. The Morgan fingerprint density at radius 3 is 2.57 bits per heavy atom. The number of piperazine rings is 1. The van der Waals surface area contributed by atoms with Crippen molar-refractivity contribution >= 4 is 29.2 Å². The fourth-order valence-electron chi connectivity index (χ4n) is 3.19. The first-order valence-corrected chi connectivity index (χ1v) is 8.55. The lowest BCUT2D eigenvalue weighted by atomic mass is 10.1. The van der Waals surface area contributed by atoms with E-state index in [2.05, 4.69) is 15.7 Å². The van der Waals surface area contributed by atoms with Crippen LogP contribution in [0.1, 0.15) is 10.5 Å². The number of para-hydroxylation sites is 1. The van der Waals surface area contributed by atoms with Crippen molar-refractivity contribution in [1.82, 2.24) is 25.3 Å². The zero-order chi connectivity index (χ0) is 19.6. The van der Waals surface area contributed by atoms with Gasteiger partial charge in [0.2, 0.25) is 5.43 Å². The molecule has 1 aliphatic heterocycles. The molecule has 3 rings (SSSR count). The minimum absolute atomic E-state index is 0. The number of aryl methyl sites for hydroxylation is 1. The van der Waals surface area contributed by atoms with E-state index in [1.165, 1.54) is 9.58 Å². The molecular weight excluding hydrogens is 399 g/mol. The van der Waals surface area contributed by atoms with Crippen LogP contribution < -0.4 is 16.1 Å². The van der Waals surface area contributed by atoms with Crippen molar-refractivity contribution in [3.8, 4) is 0 Å². The molecule has 0 bridgehead atoms. The van der Waals surface area contributed by atoms with Gasteiger partial charge in [-0.2, -0.15) is 18.3 Å². The molecule has 154 valence electrons. The van der Waals surface area contributed by atoms with E-state index >= 15 is 0 Å². The molecule has 0 saturated carbocycles. The number of nitrogens with one attached hydrogen (secondary N) is 2. The third-order valence-corrected chi connectivity index (χ3v) is 4.60. The van der Waals surface area contributed by atoms with Crippen LogP contribution in [0, 0.1) is 0 Å². The lowest BCUT2D eigenvalue weighted by Gasteiger charge is -2.35. The highest BCUT2D eigenvalue weighted by Gasteiger charge is 2.44. The van der Waals surface area contributed by atoms with Crippen LogP contribution >= 0.6 is 12.4 Å². The van der Waals surface area contributed by atoms with E-state index in [1.807, 2.05) is 0 Å². The average Bonchev–Trinajstić information content (AvgIpc) is 2.64. The highest BCUT2D eigenvalue weighted by Crippen LogP contribution is 2.24. The van der Waals surface area contributed by atoms with E-state index in [4.69, 9.17) is 0 Å². The van der Waals surface area contributed by atoms with Crippen molar-refractivity contribution in [2.24, 2.45) is 7.05 Å². The van der Waals surface area contributed by atoms with Gasteiger partial charge in [-0.1, -0.05) is 12.1 Å². The molecule has 1 atom stereocenters. The lowest BCUT2D eigenvalue weighted by molar-refractivity contribution is -0.183. The van der Waals surface area contributed by atoms with Gasteiger partial charge in [-0.15, -0.1) is 12.4 Å². The number of halogens is 4. The number of alkyl halides is 3. The van der Waals surface area contributed by atoms with Gasteiger partial charge < -0.3 is 10.6 Å². The van der Waals surface area contributed by atoms with Gasteiger partial charge in [0, 0.05) is 45.2 Å². The molecule has 0 spiro atoms. The summed E-state index contributed by atoms with van der Waals surface area (Å²) in [5, 5.41) is 9.46. The van der Waals surface area contributed by atoms with Crippen LogP contribution in [0.3, 0.4) is 0 Å². The third kappa shape index (κ3) is 4.62. The summed E-state index contributed by atoms with van der Waals surface area (Å²) in [5.74, 6) is -0.911. The second-order valence-electron chi connectivity index (χ2n) is 6.37. The first-order chi connectivity index (χ1) is 12.8. The second-order valence-corrected chi connectivity index (χ2v) is 6.37. The number of amides is 1. The van der Waals surface area contributed by atoms with Gasteiger partial charge in [-0.05, 0) is 12.1 Å². The Bertz CT molecular complexity index is 896. The Balaban J connectivity index is 0.00000280. The summed E-state index contributed by atoms with van der Waals surface area (Å²) in [6.07, 6.45) is -4.49. The molecule has 2 aromatic rings. The smallest absolute Gasteiger partial charge is 0.349 e. The maximum atomic E-state index is 13.4. The van der Waals surface area contributed by atoms with Gasteiger partial charge in [0.05, 0.1) is 5.52 Å². The van der Waals surface area contributed by atoms with E-state index in [9.17, 15) is 22.8 Å². The zero-order valence-electron chi connectivity index (χ0n) is 15.1. The first-order valence-electron chi connectivity index (χ1n) is 8.55. The van der Waals surface area contributed by atoms with Crippen molar-refractivity contribution < 1.29 is 18.0 Å². The predicted molar refractivity (Wildman–Crippen MR) is 101 cm³/mol. The molecule has 1 aromatic heterocycles. The summed E-state index contributed by atoms with van der Waals surface area (Å²) < 4.78 is 41.6. The average molecular weight is 420 g/mol. The molecule has 11 heteroatoms. The number of hydrogen-bond donors (Lipinski definition) is 2. The van der Waals surface area contributed by atoms with E-state index in [0.717, 1.165) is 0 Å². The number of nitrogens with zero attached hydrogens (tertiary/aromatic N) is 3. The third-order valence-electron chi connectivity index (χ3n) is 4.60. The molecule has 1 aliphatic rings. The van der Waals surface area contributed by atoms with Crippen LogP contribution in [0.4, 0.5) is 13.2 Å². The van der Waals surface area contributed by atoms with Gasteiger partial charge in [0.1, 0.15) is 6.04 Å². The largest absolute Gasteiger partial charge is 0.405 e. The normalized spacial score (nSPS) is 16.4. The topological polar surface area (TPSA) is 79.3 Å². The fourth-order valence-corrected chi connectivity index (χ4v) is 3.19. The summed E-state index contributed by atoms with van der Waals surface area (Å²) in [7, 11) is 1.57. The maximum Gasteiger partial charge on any atom is 0.405 e. The molecule has 1 saturated heterocycles. The number of carbonyl (C=O) groups excluding carboxylic acids is 1. The summed E-state index contributed by atoms with van der Waals surface area (Å²) in [4.78, 5) is 26.2. The Morgan fingerprint density at radius 2 is 1.93 bits per heavy atom. The number of aromatic nitrogens is 2. The van der Waals surface area contributed by atoms with Gasteiger partial charge in [-0.25, -0.2) is 0 Å². The summed E-state index contributed by atoms with van der Waals surface area (Å²) >= 11 is 0. The van der Waals surface area contributed by atoms with Gasteiger partial charge in [0.25, 0.3) is 5.91 Å². The molecule has 7 nitrogen and oxygen atoms in total. The minimum Gasteiger partial charge on any atom is -0.349 e. The lowest BCUT2D eigenvalue weighted by Crippen LogP contribution is -2.57. The second kappa shape index (κ2) is 8.89. The van der Waals surface area contributed by atoms with E-state index < -0.39 is 35.8 Å². The van der Waals surface area contributed by atoms with Crippen LogP contribution in [-0.2, 0) is 7.05 Å². The Labute approximate surface area is 165 Å². The number of hydrogen-bond acceptors (Lipinski definition) is 5. The van der Waals surface area contributed by atoms with E-state index in [1.54, 1.807) is 31.3 Å². The van der Waals surface area contributed by atoms with Crippen molar-refractivity contribution in [2.75, 3.05) is 32.7 Å². The monoisotopic (exact) mass is 419 g/mol. The number of benzene rings is 1. The van der Waals surface area contributed by atoms with Crippen LogP contribution in [-0.4, -0.2) is 65.5 Å². The highest BCUT2D eigenvalue weighted by molar-refractivity contribution is 5.95. The molecule has 1 amide bonds. The van der Waals surface area contributed by atoms with Crippen LogP contribution in [0.5, 0.6) is 0 Å². The van der Waals surface area contributed by atoms with Crippen LogP contribution in [0.25, 0.3) is 10.9 Å². The number of carbonyl (C=O) groups is 1. The number of fused-ring (bicyclic) bond motifs is 1. The minimum atomic E-state index is -4.49. The van der Waals surface area contributed by atoms with Gasteiger partial charge in [0.15, 0.2) is 5.69 Å². The van der Waals surface area contributed by atoms with E-state index in [0.29, 0.717) is 18.6 Å². The zero-order valence-corrected chi connectivity index (χ0v) is 15.9. The molecule has 0 radical (unpaired) electrons. The molecule has 1 unspecified atom stereocenters. The molecule has 1 fully saturated rings. The van der Waals surface area contributed by atoms with Gasteiger partial charge >= 0.3 is 6.18 Å². The summed E-state index contributed by atoms with van der Waals surface area (Å²) in [5.41, 5.74) is -0.489. The Hall–Kier alpha value is -2.17. The molecule has 2 N–H and O–H groups in total. The van der Waals surface area contributed by atoms with Crippen molar-refractivity contribution in [3.63, 3.8) is 0 Å². The standard InChI is InChI=1S/C17H20F3N5O2.ClH/c1-24-12-5-3-2-4-11(12)15(26)14(23-24)16(27)22-10-13(17(18,19)20)25-8-6-21-7-9-25;/h2-5,13,21H,6-10H2,1H3,(H,22,27);1H. The van der Waals surface area contributed by atoms with E-state index in [-0.39, 0.29) is 30.9 Å².